The fourth-order valence-corrected chi connectivity index (χ4v) is 3.02. The molecular formula is C13H13BrFNS. The first kappa shape index (κ1) is 12.7. The number of benzene rings is 1. The second kappa shape index (κ2) is 5.29. The number of thiophene rings is 1. The van der Waals surface area contributed by atoms with Gasteiger partial charge in [0.15, 0.2) is 0 Å². The van der Waals surface area contributed by atoms with E-state index in [2.05, 4.69) is 28.9 Å². The minimum Gasteiger partial charge on any atom is -0.320 e. The van der Waals surface area contributed by atoms with Crippen molar-refractivity contribution in [1.29, 1.82) is 0 Å². The van der Waals surface area contributed by atoms with Gasteiger partial charge in [0.05, 0.1) is 10.5 Å². The molecule has 2 N–H and O–H groups in total. The molecule has 1 unspecified atom stereocenters. The van der Waals surface area contributed by atoms with Crippen molar-refractivity contribution < 1.29 is 4.39 Å². The minimum absolute atomic E-state index is 0.272. The van der Waals surface area contributed by atoms with Gasteiger partial charge in [0.25, 0.3) is 0 Å². The van der Waals surface area contributed by atoms with Gasteiger partial charge in [-0.2, -0.15) is 0 Å². The fourth-order valence-electron chi connectivity index (χ4n) is 1.67. The lowest BCUT2D eigenvalue weighted by atomic mass is 10.1. The van der Waals surface area contributed by atoms with Crippen LogP contribution in [0.15, 0.2) is 34.8 Å². The Morgan fingerprint density at radius 1 is 1.35 bits per heavy atom. The van der Waals surface area contributed by atoms with Crippen LogP contribution >= 0.6 is 27.3 Å². The molecule has 0 bridgehead atoms. The third-order valence-electron chi connectivity index (χ3n) is 2.65. The summed E-state index contributed by atoms with van der Waals surface area (Å²) in [5.74, 6) is -0.272. The summed E-state index contributed by atoms with van der Waals surface area (Å²) in [4.78, 5) is 2.27. The standard InChI is InChI=1S/C13H13BrFNS/c1-2-8-6-7-11(17-8)13(16)9-4-3-5-10(14)12(9)15/h3-7,13H,2,16H2,1H3. The molecule has 0 radical (unpaired) electrons. The summed E-state index contributed by atoms with van der Waals surface area (Å²) >= 11 is 4.82. The molecule has 0 aliphatic carbocycles. The molecule has 1 atom stereocenters. The van der Waals surface area contributed by atoms with Gasteiger partial charge in [-0.15, -0.1) is 11.3 Å². The predicted octanol–water partition coefficient (Wildman–Crippen LogP) is 4.26. The van der Waals surface area contributed by atoms with Crippen LogP contribution in [0.3, 0.4) is 0 Å². The lowest BCUT2D eigenvalue weighted by Crippen LogP contribution is -2.12. The molecule has 0 aliphatic rings. The lowest BCUT2D eigenvalue weighted by molar-refractivity contribution is 0.594. The van der Waals surface area contributed by atoms with E-state index in [0.717, 1.165) is 11.3 Å². The van der Waals surface area contributed by atoms with Gasteiger partial charge in [0.2, 0.25) is 0 Å². The summed E-state index contributed by atoms with van der Waals surface area (Å²) in [5.41, 5.74) is 6.64. The molecule has 17 heavy (non-hydrogen) atoms. The maximum Gasteiger partial charge on any atom is 0.142 e. The monoisotopic (exact) mass is 313 g/mol. The van der Waals surface area contributed by atoms with E-state index < -0.39 is 6.04 Å². The Bertz CT molecular complexity index is 524. The van der Waals surface area contributed by atoms with Crippen LogP contribution in [0.25, 0.3) is 0 Å². The molecule has 1 heterocycles. The van der Waals surface area contributed by atoms with E-state index in [9.17, 15) is 4.39 Å². The van der Waals surface area contributed by atoms with Crippen molar-refractivity contribution in [2.45, 2.75) is 19.4 Å². The summed E-state index contributed by atoms with van der Waals surface area (Å²) in [6, 6.07) is 8.85. The van der Waals surface area contributed by atoms with Gasteiger partial charge in [-0.05, 0) is 40.5 Å². The maximum atomic E-state index is 13.9. The zero-order valence-electron chi connectivity index (χ0n) is 9.41. The first-order chi connectivity index (χ1) is 8.13. The zero-order valence-corrected chi connectivity index (χ0v) is 11.8. The van der Waals surface area contributed by atoms with E-state index in [-0.39, 0.29) is 5.82 Å². The Morgan fingerprint density at radius 2 is 2.12 bits per heavy atom. The number of aryl methyl sites for hydroxylation is 1. The van der Waals surface area contributed by atoms with Crippen LogP contribution in [-0.2, 0) is 6.42 Å². The molecule has 0 saturated heterocycles. The zero-order chi connectivity index (χ0) is 12.4. The minimum atomic E-state index is -0.391. The van der Waals surface area contributed by atoms with E-state index >= 15 is 0 Å². The Hall–Kier alpha value is -0.710. The van der Waals surface area contributed by atoms with Crippen LogP contribution in [0, 0.1) is 5.82 Å². The Balaban J connectivity index is 2.36. The summed E-state index contributed by atoms with van der Waals surface area (Å²) in [5, 5.41) is 0. The van der Waals surface area contributed by atoms with E-state index in [4.69, 9.17) is 5.73 Å². The van der Waals surface area contributed by atoms with Crippen LogP contribution in [0.2, 0.25) is 0 Å². The first-order valence-corrected chi connectivity index (χ1v) is 7.02. The third kappa shape index (κ3) is 2.59. The normalized spacial score (nSPS) is 12.7. The van der Waals surface area contributed by atoms with Crippen molar-refractivity contribution in [3.8, 4) is 0 Å². The molecule has 1 aromatic carbocycles. The smallest absolute Gasteiger partial charge is 0.142 e. The van der Waals surface area contributed by atoms with Crippen molar-refractivity contribution in [2.75, 3.05) is 0 Å². The molecule has 0 fully saturated rings. The van der Waals surface area contributed by atoms with E-state index in [1.54, 1.807) is 29.5 Å². The van der Waals surface area contributed by atoms with Crippen molar-refractivity contribution in [3.05, 3.63) is 55.9 Å². The fraction of sp³-hybridized carbons (Fsp3) is 0.231. The maximum absolute atomic E-state index is 13.9. The number of hydrogen-bond donors (Lipinski definition) is 1. The first-order valence-electron chi connectivity index (χ1n) is 5.41. The van der Waals surface area contributed by atoms with Crippen molar-refractivity contribution in [1.82, 2.24) is 0 Å². The van der Waals surface area contributed by atoms with Crippen molar-refractivity contribution in [2.24, 2.45) is 5.73 Å². The number of rotatable bonds is 3. The van der Waals surface area contributed by atoms with E-state index in [1.807, 2.05) is 6.07 Å². The highest BCUT2D eigenvalue weighted by Gasteiger charge is 2.16. The van der Waals surface area contributed by atoms with Crippen LogP contribution in [0.5, 0.6) is 0 Å². The molecule has 4 heteroatoms. The van der Waals surface area contributed by atoms with E-state index in [1.165, 1.54) is 4.88 Å². The van der Waals surface area contributed by atoms with Crippen molar-refractivity contribution >= 4 is 27.3 Å². The summed E-state index contributed by atoms with van der Waals surface area (Å²) < 4.78 is 14.4. The second-order valence-corrected chi connectivity index (χ2v) is 5.83. The Kier molecular flexibility index (Phi) is 3.97. The lowest BCUT2D eigenvalue weighted by Gasteiger charge is -2.11. The van der Waals surface area contributed by atoms with Crippen LogP contribution in [0.4, 0.5) is 4.39 Å². The quantitative estimate of drug-likeness (QED) is 0.900. The number of halogens is 2. The molecule has 2 aromatic rings. The van der Waals surface area contributed by atoms with Gasteiger partial charge in [0.1, 0.15) is 5.82 Å². The van der Waals surface area contributed by atoms with Gasteiger partial charge in [-0.1, -0.05) is 19.1 Å². The molecule has 0 saturated carbocycles. The molecule has 1 aromatic heterocycles. The summed E-state index contributed by atoms with van der Waals surface area (Å²) in [6.45, 7) is 2.10. The van der Waals surface area contributed by atoms with Gasteiger partial charge in [-0.25, -0.2) is 4.39 Å². The highest BCUT2D eigenvalue weighted by Crippen LogP contribution is 2.30. The topological polar surface area (TPSA) is 26.0 Å². The second-order valence-electron chi connectivity index (χ2n) is 3.78. The number of hydrogen-bond acceptors (Lipinski definition) is 2. The summed E-state index contributed by atoms with van der Waals surface area (Å²) in [7, 11) is 0. The van der Waals surface area contributed by atoms with E-state index in [0.29, 0.717) is 10.0 Å². The third-order valence-corrected chi connectivity index (χ3v) is 4.58. The highest BCUT2D eigenvalue weighted by atomic mass is 79.9. The Labute approximate surface area is 113 Å². The van der Waals surface area contributed by atoms with Gasteiger partial charge < -0.3 is 5.73 Å². The van der Waals surface area contributed by atoms with Gasteiger partial charge in [-0.3, -0.25) is 0 Å². The molecular weight excluding hydrogens is 301 g/mol. The van der Waals surface area contributed by atoms with Crippen LogP contribution < -0.4 is 5.73 Å². The molecule has 90 valence electrons. The molecule has 0 spiro atoms. The highest BCUT2D eigenvalue weighted by molar-refractivity contribution is 9.10. The summed E-state index contributed by atoms with van der Waals surface area (Å²) in [6.07, 6.45) is 0.984. The Morgan fingerprint density at radius 3 is 2.76 bits per heavy atom. The largest absolute Gasteiger partial charge is 0.320 e. The van der Waals surface area contributed by atoms with Crippen LogP contribution in [-0.4, -0.2) is 0 Å². The van der Waals surface area contributed by atoms with Crippen LogP contribution in [0.1, 0.15) is 28.3 Å². The van der Waals surface area contributed by atoms with Crippen molar-refractivity contribution in [3.63, 3.8) is 0 Å². The molecule has 1 nitrogen and oxygen atoms in total. The predicted molar refractivity (Wildman–Crippen MR) is 73.8 cm³/mol. The molecule has 0 amide bonds. The average Bonchev–Trinajstić information content (AvgIpc) is 2.80. The molecule has 0 aliphatic heterocycles. The van der Waals surface area contributed by atoms with Gasteiger partial charge in [0, 0.05) is 15.3 Å². The number of nitrogens with two attached hydrogens (primary N) is 1. The average molecular weight is 314 g/mol. The molecule has 2 rings (SSSR count). The SMILES string of the molecule is CCc1ccc(C(N)c2cccc(Br)c2F)s1. The van der Waals surface area contributed by atoms with Gasteiger partial charge >= 0.3 is 0 Å².